The number of hydrogen-bond donors (Lipinski definition) is 2. The maximum Gasteiger partial charge on any atom is 0.260 e. The van der Waals surface area contributed by atoms with Crippen LogP contribution in [0.2, 0.25) is 0 Å². The van der Waals surface area contributed by atoms with Crippen LogP contribution in [0.4, 0.5) is 0 Å². The number of quaternary nitrogens is 1. The molecule has 4 aromatic rings. The summed E-state index contributed by atoms with van der Waals surface area (Å²) in [5.41, 5.74) is 3.35. The maximum atomic E-state index is 12.9. The van der Waals surface area contributed by atoms with Crippen molar-refractivity contribution in [3.63, 3.8) is 0 Å². The van der Waals surface area contributed by atoms with Gasteiger partial charge in [-0.3, -0.25) is 4.79 Å². The quantitative estimate of drug-likeness (QED) is 0.562. The van der Waals surface area contributed by atoms with Crippen LogP contribution in [0.1, 0.15) is 30.4 Å². The highest BCUT2D eigenvalue weighted by atomic mass is 32.1. The van der Waals surface area contributed by atoms with Crippen LogP contribution in [0.25, 0.3) is 21.3 Å². The molecule has 5 rings (SSSR count). The molecule has 1 aromatic carbocycles. The highest BCUT2D eigenvalue weighted by Crippen LogP contribution is 2.30. The van der Waals surface area contributed by atoms with E-state index < -0.39 is 0 Å². The lowest BCUT2D eigenvalue weighted by atomic mass is 10.1. The van der Waals surface area contributed by atoms with E-state index in [1.807, 2.05) is 35.7 Å². The first kappa shape index (κ1) is 17.4. The Morgan fingerprint density at radius 1 is 1.25 bits per heavy atom. The normalized spacial score (nSPS) is 19.5. The molecule has 0 spiro atoms. The largest absolute Gasteiger partial charge is 0.350 e. The third-order valence-corrected chi connectivity index (χ3v) is 6.67. The minimum absolute atomic E-state index is 0.0332. The Bertz CT molecular complexity index is 1170. The van der Waals surface area contributed by atoms with Crippen LogP contribution in [0, 0.1) is 0 Å². The zero-order valence-corrected chi connectivity index (χ0v) is 16.6. The van der Waals surface area contributed by atoms with Crippen LogP contribution < -0.4 is 10.5 Å². The fourth-order valence-corrected chi connectivity index (χ4v) is 5.41. The van der Waals surface area contributed by atoms with E-state index in [9.17, 15) is 4.79 Å². The van der Waals surface area contributed by atoms with Crippen molar-refractivity contribution in [2.75, 3.05) is 6.54 Å². The summed E-state index contributed by atoms with van der Waals surface area (Å²) in [4.78, 5) is 23.1. The van der Waals surface area contributed by atoms with Gasteiger partial charge in [-0.25, -0.2) is 4.98 Å². The monoisotopic (exact) mass is 391 g/mol. The van der Waals surface area contributed by atoms with Gasteiger partial charge in [-0.15, -0.1) is 11.3 Å². The summed E-state index contributed by atoms with van der Waals surface area (Å²) in [7, 11) is 2.11. The molecule has 5 nitrogen and oxygen atoms in total. The second-order valence-electron chi connectivity index (χ2n) is 7.53. The Morgan fingerprint density at radius 2 is 2.11 bits per heavy atom. The summed E-state index contributed by atoms with van der Waals surface area (Å²) in [6, 6.07) is 14.8. The van der Waals surface area contributed by atoms with Crippen LogP contribution >= 0.6 is 11.3 Å². The summed E-state index contributed by atoms with van der Waals surface area (Å²) >= 11 is 1.55. The van der Waals surface area contributed by atoms with Crippen LogP contribution in [-0.4, -0.2) is 21.1 Å². The van der Waals surface area contributed by atoms with E-state index in [0.29, 0.717) is 11.4 Å². The van der Waals surface area contributed by atoms with Gasteiger partial charge in [0.05, 0.1) is 17.6 Å². The zero-order chi connectivity index (χ0) is 19.1. The molecule has 4 heterocycles. The van der Waals surface area contributed by atoms with Crippen molar-refractivity contribution < 1.29 is 4.90 Å². The maximum absolute atomic E-state index is 12.9. The topological polar surface area (TPSA) is 55.1 Å². The van der Waals surface area contributed by atoms with Gasteiger partial charge in [0, 0.05) is 37.0 Å². The molecule has 6 heteroatoms. The molecule has 1 fully saturated rings. The van der Waals surface area contributed by atoms with Crippen LogP contribution in [0.15, 0.2) is 58.8 Å². The van der Waals surface area contributed by atoms with Gasteiger partial charge < -0.3 is 14.5 Å². The molecule has 0 bridgehead atoms. The Morgan fingerprint density at radius 3 is 2.89 bits per heavy atom. The SMILES string of the molecule is Cn1cccc1[C@H]1CCC[NH+]1Cc1nc2scc(-c3ccccc3)c2c(=O)[nH]1. The van der Waals surface area contributed by atoms with Gasteiger partial charge in [-0.2, -0.15) is 0 Å². The number of fused-ring (bicyclic) bond motifs is 1. The summed E-state index contributed by atoms with van der Waals surface area (Å²) in [5, 5.41) is 2.75. The van der Waals surface area contributed by atoms with Crippen LogP contribution in [0.5, 0.6) is 0 Å². The van der Waals surface area contributed by atoms with E-state index in [1.165, 1.54) is 23.4 Å². The second-order valence-corrected chi connectivity index (χ2v) is 8.39. The van der Waals surface area contributed by atoms with Gasteiger partial charge in [0.25, 0.3) is 5.56 Å². The van der Waals surface area contributed by atoms with E-state index in [1.54, 1.807) is 11.3 Å². The number of nitrogens with zero attached hydrogens (tertiary/aromatic N) is 2. The number of H-pyrrole nitrogens is 1. The van der Waals surface area contributed by atoms with E-state index in [2.05, 4.69) is 34.9 Å². The number of thiophene rings is 1. The van der Waals surface area contributed by atoms with E-state index in [-0.39, 0.29) is 5.56 Å². The Kier molecular flexibility index (Phi) is 4.37. The van der Waals surface area contributed by atoms with Crippen molar-refractivity contribution in [1.82, 2.24) is 14.5 Å². The molecule has 1 saturated heterocycles. The van der Waals surface area contributed by atoms with Crippen molar-refractivity contribution in [3.05, 3.63) is 75.9 Å². The number of aryl methyl sites for hydroxylation is 1. The zero-order valence-electron chi connectivity index (χ0n) is 15.8. The summed E-state index contributed by atoms with van der Waals surface area (Å²) in [5.74, 6) is 0.787. The molecule has 28 heavy (non-hydrogen) atoms. The standard InChI is InChI=1S/C22H22N4OS/c1-25-11-5-9-17(25)18-10-6-12-26(18)13-19-23-21(27)20-16(14-28-22(20)24-19)15-7-3-2-4-8-15/h2-5,7-9,11,14,18H,6,10,12-13H2,1H3,(H,23,24,27)/p+1/t18-/m1/s1. The van der Waals surface area contributed by atoms with Gasteiger partial charge in [0.2, 0.25) is 0 Å². The average Bonchev–Trinajstić information content (AvgIpc) is 3.42. The first-order valence-corrected chi connectivity index (χ1v) is 10.6. The predicted octanol–water partition coefficient (Wildman–Crippen LogP) is 2.91. The van der Waals surface area contributed by atoms with Crippen molar-refractivity contribution in [2.24, 2.45) is 7.05 Å². The van der Waals surface area contributed by atoms with Crippen molar-refractivity contribution in [3.8, 4) is 11.1 Å². The lowest BCUT2D eigenvalue weighted by Crippen LogP contribution is -3.09. The first-order valence-electron chi connectivity index (χ1n) is 9.72. The molecule has 0 saturated carbocycles. The van der Waals surface area contributed by atoms with Gasteiger partial charge in [0.1, 0.15) is 17.4 Å². The summed E-state index contributed by atoms with van der Waals surface area (Å²) in [6.07, 6.45) is 4.49. The molecule has 3 aromatic heterocycles. The molecular formula is C22H23N4OS+. The number of aromatic amines is 1. The van der Waals surface area contributed by atoms with Crippen LogP contribution in [-0.2, 0) is 13.6 Å². The molecule has 2 atom stereocenters. The molecule has 0 aliphatic carbocycles. The van der Waals surface area contributed by atoms with E-state index >= 15 is 0 Å². The Hall–Kier alpha value is -2.70. The number of nitrogens with one attached hydrogen (secondary N) is 2. The number of rotatable bonds is 4. The summed E-state index contributed by atoms with van der Waals surface area (Å²) < 4.78 is 2.21. The molecule has 2 N–H and O–H groups in total. The Balaban J connectivity index is 1.48. The number of aromatic nitrogens is 3. The Labute approximate surface area is 167 Å². The van der Waals surface area contributed by atoms with Gasteiger partial charge in [-0.1, -0.05) is 30.3 Å². The highest BCUT2D eigenvalue weighted by Gasteiger charge is 2.32. The van der Waals surface area contributed by atoms with Gasteiger partial charge in [-0.05, 0) is 17.7 Å². The molecule has 1 unspecified atom stereocenters. The van der Waals surface area contributed by atoms with Crippen molar-refractivity contribution in [2.45, 2.75) is 25.4 Å². The molecular weight excluding hydrogens is 368 g/mol. The third-order valence-electron chi connectivity index (χ3n) is 5.80. The van der Waals surface area contributed by atoms with Crippen LogP contribution in [0.3, 0.4) is 0 Å². The minimum Gasteiger partial charge on any atom is -0.350 e. The fraction of sp³-hybridized carbons (Fsp3) is 0.273. The third kappa shape index (κ3) is 2.99. The predicted molar refractivity (Wildman–Crippen MR) is 113 cm³/mol. The van der Waals surface area contributed by atoms with E-state index in [4.69, 9.17) is 4.98 Å². The van der Waals surface area contributed by atoms with Crippen molar-refractivity contribution in [1.29, 1.82) is 0 Å². The fourth-order valence-electron chi connectivity index (χ4n) is 4.44. The first-order chi connectivity index (χ1) is 13.7. The number of hydrogen-bond acceptors (Lipinski definition) is 3. The average molecular weight is 392 g/mol. The van der Waals surface area contributed by atoms with Gasteiger partial charge >= 0.3 is 0 Å². The van der Waals surface area contributed by atoms with Crippen molar-refractivity contribution >= 4 is 21.6 Å². The van der Waals surface area contributed by atoms with E-state index in [0.717, 1.165) is 34.9 Å². The lowest BCUT2D eigenvalue weighted by Gasteiger charge is -2.21. The molecule has 142 valence electrons. The lowest BCUT2D eigenvalue weighted by molar-refractivity contribution is -0.933. The smallest absolute Gasteiger partial charge is 0.260 e. The number of likely N-dealkylation sites (tertiary alicyclic amines) is 1. The minimum atomic E-state index is -0.0332. The second kappa shape index (κ2) is 7.04. The summed E-state index contributed by atoms with van der Waals surface area (Å²) in [6.45, 7) is 1.86. The molecule has 0 radical (unpaired) electrons. The molecule has 1 aliphatic rings. The molecule has 0 amide bonds. The van der Waals surface area contributed by atoms with Gasteiger partial charge in [0.15, 0.2) is 5.82 Å². The molecule has 1 aliphatic heterocycles. The number of benzene rings is 1. The highest BCUT2D eigenvalue weighted by molar-refractivity contribution is 7.17.